The molecule has 0 radical (unpaired) electrons. The van der Waals surface area contributed by atoms with Crippen molar-refractivity contribution in [2.75, 3.05) is 36.8 Å². The van der Waals surface area contributed by atoms with Crippen LogP contribution in [0, 0.1) is 13.8 Å². The van der Waals surface area contributed by atoms with Crippen molar-refractivity contribution in [3.05, 3.63) is 51.9 Å². The van der Waals surface area contributed by atoms with Crippen molar-refractivity contribution >= 4 is 27.4 Å². The zero-order valence-corrected chi connectivity index (χ0v) is 17.5. The lowest BCUT2D eigenvalue weighted by Crippen LogP contribution is -2.49. The van der Waals surface area contributed by atoms with Crippen LogP contribution >= 0.6 is 11.6 Å². The molecule has 3 rings (SSSR count). The van der Waals surface area contributed by atoms with Crippen LogP contribution < -0.4 is 4.90 Å². The van der Waals surface area contributed by atoms with E-state index in [-0.39, 0.29) is 5.75 Å². The quantitative estimate of drug-likeness (QED) is 0.761. The molecule has 0 N–H and O–H groups in total. The molecule has 146 valence electrons. The van der Waals surface area contributed by atoms with E-state index in [1.807, 2.05) is 38.1 Å². The van der Waals surface area contributed by atoms with E-state index in [9.17, 15) is 8.42 Å². The molecule has 0 spiro atoms. The van der Waals surface area contributed by atoms with Crippen LogP contribution in [0.3, 0.4) is 0 Å². The molecule has 1 saturated heterocycles. The van der Waals surface area contributed by atoms with E-state index in [0.29, 0.717) is 37.6 Å². The van der Waals surface area contributed by atoms with Gasteiger partial charge in [0.15, 0.2) is 0 Å². The minimum absolute atomic E-state index is 0.139. The minimum atomic E-state index is -3.14. The first-order valence-electron chi connectivity index (χ1n) is 9.11. The maximum absolute atomic E-state index is 12.1. The van der Waals surface area contributed by atoms with Gasteiger partial charge in [-0.15, -0.1) is 0 Å². The van der Waals surface area contributed by atoms with Crippen LogP contribution in [0.5, 0.6) is 0 Å². The van der Waals surface area contributed by atoms with E-state index in [2.05, 4.69) is 9.88 Å². The summed E-state index contributed by atoms with van der Waals surface area (Å²) in [6.07, 6.45) is 0.714. The molecule has 2 aromatic rings. The summed E-state index contributed by atoms with van der Waals surface area (Å²) in [5.74, 6) is 1.77. The topological polar surface area (TPSA) is 66.4 Å². The first-order valence-corrected chi connectivity index (χ1v) is 11.1. The zero-order chi connectivity index (χ0) is 19.6. The largest absolute Gasteiger partial charge is 0.354 e. The molecule has 0 atom stereocenters. The molecule has 0 saturated carbocycles. The first-order chi connectivity index (χ1) is 12.8. The standard InChI is InChI=1S/C19H25ClN4O2S/c1-4-27(25,26)24-11-9-23(10-12-24)19-18(14(2)21-15(3)22-19)13-16-5-7-17(20)8-6-16/h5-8H,4,9-13H2,1-3H3. The predicted molar refractivity (Wildman–Crippen MR) is 109 cm³/mol. The number of benzene rings is 1. The monoisotopic (exact) mass is 408 g/mol. The number of aromatic nitrogens is 2. The third-order valence-electron chi connectivity index (χ3n) is 4.89. The van der Waals surface area contributed by atoms with Gasteiger partial charge in [0.2, 0.25) is 10.0 Å². The predicted octanol–water partition coefficient (Wildman–Crippen LogP) is 2.81. The Hall–Kier alpha value is -1.70. The molecule has 1 aliphatic heterocycles. The molecule has 1 aromatic heterocycles. The molecule has 1 aromatic carbocycles. The summed E-state index contributed by atoms with van der Waals surface area (Å²) < 4.78 is 25.8. The molecule has 0 bridgehead atoms. The molecule has 2 heterocycles. The van der Waals surface area contributed by atoms with E-state index >= 15 is 0 Å². The van der Waals surface area contributed by atoms with E-state index in [0.717, 1.165) is 28.5 Å². The van der Waals surface area contributed by atoms with Crippen molar-refractivity contribution in [3.63, 3.8) is 0 Å². The summed E-state index contributed by atoms with van der Waals surface area (Å²) in [5, 5.41) is 0.712. The number of rotatable bonds is 5. The molecular formula is C19H25ClN4O2S. The second-order valence-electron chi connectivity index (χ2n) is 6.75. The van der Waals surface area contributed by atoms with Gasteiger partial charge in [0.25, 0.3) is 0 Å². The fraction of sp³-hybridized carbons (Fsp3) is 0.474. The van der Waals surface area contributed by atoms with Crippen LogP contribution in [0.4, 0.5) is 5.82 Å². The van der Waals surface area contributed by atoms with Gasteiger partial charge in [-0.3, -0.25) is 0 Å². The number of aryl methyl sites for hydroxylation is 2. The molecule has 1 aliphatic rings. The van der Waals surface area contributed by atoms with Crippen molar-refractivity contribution in [2.45, 2.75) is 27.2 Å². The average molecular weight is 409 g/mol. The summed E-state index contributed by atoms with van der Waals surface area (Å²) in [5.41, 5.74) is 3.18. The van der Waals surface area contributed by atoms with Crippen molar-refractivity contribution < 1.29 is 8.42 Å². The summed E-state index contributed by atoms with van der Waals surface area (Å²) in [7, 11) is -3.14. The fourth-order valence-corrected chi connectivity index (χ4v) is 4.56. The van der Waals surface area contributed by atoms with Gasteiger partial charge in [0.05, 0.1) is 5.75 Å². The molecule has 27 heavy (non-hydrogen) atoms. The number of hydrogen-bond donors (Lipinski definition) is 0. The lowest BCUT2D eigenvalue weighted by Gasteiger charge is -2.35. The molecule has 0 amide bonds. The van der Waals surface area contributed by atoms with Gasteiger partial charge in [-0.05, 0) is 38.5 Å². The minimum Gasteiger partial charge on any atom is -0.354 e. The van der Waals surface area contributed by atoms with E-state index in [1.54, 1.807) is 11.2 Å². The summed E-state index contributed by atoms with van der Waals surface area (Å²) >= 11 is 6.00. The SMILES string of the molecule is CCS(=O)(=O)N1CCN(c2nc(C)nc(C)c2Cc2ccc(Cl)cc2)CC1. The van der Waals surface area contributed by atoms with Crippen LogP contribution in [0.2, 0.25) is 5.02 Å². The zero-order valence-electron chi connectivity index (χ0n) is 15.9. The summed E-state index contributed by atoms with van der Waals surface area (Å²) in [6, 6.07) is 7.79. The molecule has 0 unspecified atom stereocenters. The highest BCUT2D eigenvalue weighted by Gasteiger charge is 2.27. The molecule has 1 fully saturated rings. The molecular weight excluding hydrogens is 384 g/mol. The van der Waals surface area contributed by atoms with Crippen LogP contribution in [0.15, 0.2) is 24.3 Å². The average Bonchev–Trinajstić information content (AvgIpc) is 2.65. The number of hydrogen-bond acceptors (Lipinski definition) is 5. The van der Waals surface area contributed by atoms with Gasteiger partial charge in [-0.2, -0.15) is 4.31 Å². The smallest absolute Gasteiger partial charge is 0.213 e. The maximum atomic E-state index is 12.1. The van der Waals surface area contributed by atoms with Crippen LogP contribution in [-0.4, -0.2) is 54.6 Å². The van der Waals surface area contributed by atoms with E-state index in [1.165, 1.54) is 0 Å². The number of nitrogens with zero attached hydrogens (tertiary/aromatic N) is 4. The highest BCUT2D eigenvalue weighted by molar-refractivity contribution is 7.89. The Morgan fingerprint density at radius 1 is 1.04 bits per heavy atom. The molecule has 6 nitrogen and oxygen atoms in total. The van der Waals surface area contributed by atoms with Crippen LogP contribution in [-0.2, 0) is 16.4 Å². The Balaban J connectivity index is 1.86. The number of halogens is 1. The highest BCUT2D eigenvalue weighted by Crippen LogP contribution is 2.26. The second-order valence-corrected chi connectivity index (χ2v) is 9.44. The van der Waals surface area contributed by atoms with Gasteiger partial charge in [0, 0.05) is 48.9 Å². The first kappa shape index (κ1) is 20.0. The Morgan fingerprint density at radius 2 is 1.67 bits per heavy atom. The second kappa shape index (κ2) is 8.12. The third-order valence-corrected chi connectivity index (χ3v) is 7.03. The van der Waals surface area contributed by atoms with E-state index in [4.69, 9.17) is 16.6 Å². The van der Waals surface area contributed by atoms with Crippen molar-refractivity contribution in [1.82, 2.24) is 14.3 Å². The number of sulfonamides is 1. The molecule has 0 aliphatic carbocycles. The molecule has 8 heteroatoms. The van der Waals surface area contributed by atoms with Crippen molar-refractivity contribution in [2.24, 2.45) is 0 Å². The fourth-order valence-electron chi connectivity index (χ4n) is 3.35. The van der Waals surface area contributed by atoms with Gasteiger partial charge in [0.1, 0.15) is 11.6 Å². The van der Waals surface area contributed by atoms with Crippen LogP contribution in [0.25, 0.3) is 0 Å². The van der Waals surface area contributed by atoms with Crippen LogP contribution in [0.1, 0.15) is 29.6 Å². The lowest BCUT2D eigenvalue weighted by atomic mass is 10.0. The third kappa shape index (κ3) is 4.59. The highest BCUT2D eigenvalue weighted by atomic mass is 35.5. The Kier molecular flexibility index (Phi) is 6.03. The summed E-state index contributed by atoms with van der Waals surface area (Å²) in [6.45, 7) is 7.80. The lowest BCUT2D eigenvalue weighted by molar-refractivity contribution is 0.384. The van der Waals surface area contributed by atoms with Gasteiger partial charge < -0.3 is 4.90 Å². The van der Waals surface area contributed by atoms with Gasteiger partial charge in [-0.25, -0.2) is 18.4 Å². The maximum Gasteiger partial charge on any atom is 0.213 e. The summed E-state index contributed by atoms with van der Waals surface area (Å²) in [4.78, 5) is 11.4. The number of anilines is 1. The van der Waals surface area contributed by atoms with Gasteiger partial charge >= 0.3 is 0 Å². The Labute approximate surface area is 166 Å². The van der Waals surface area contributed by atoms with Crippen molar-refractivity contribution in [3.8, 4) is 0 Å². The number of piperazine rings is 1. The van der Waals surface area contributed by atoms with E-state index < -0.39 is 10.0 Å². The normalized spacial score (nSPS) is 15.9. The van der Waals surface area contributed by atoms with Crippen molar-refractivity contribution in [1.29, 1.82) is 0 Å². The Bertz CT molecular complexity index is 908. The van der Waals surface area contributed by atoms with Gasteiger partial charge in [-0.1, -0.05) is 23.7 Å². The Morgan fingerprint density at radius 3 is 2.26 bits per heavy atom.